The summed E-state index contributed by atoms with van der Waals surface area (Å²) in [7, 11) is 0. The van der Waals surface area contributed by atoms with Gasteiger partial charge in [0.2, 0.25) is 5.88 Å². The summed E-state index contributed by atoms with van der Waals surface area (Å²) in [5.41, 5.74) is 1.11. The third kappa shape index (κ3) is 1.84. The van der Waals surface area contributed by atoms with E-state index in [4.69, 9.17) is 4.74 Å². The van der Waals surface area contributed by atoms with Gasteiger partial charge in [-0.2, -0.15) is 0 Å². The van der Waals surface area contributed by atoms with Gasteiger partial charge in [-0.25, -0.2) is 4.98 Å². The molecule has 0 fully saturated rings. The van der Waals surface area contributed by atoms with Crippen LogP contribution in [0, 0.1) is 6.92 Å². The SMILES string of the molecule is Cc1nc2c(c(=O)[nH]1)[C@H](c1ccccc1)C(C)(C)O2. The van der Waals surface area contributed by atoms with Crippen molar-refractivity contribution in [1.82, 2.24) is 9.97 Å². The van der Waals surface area contributed by atoms with E-state index in [9.17, 15) is 4.79 Å². The molecule has 0 bridgehead atoms. The van der Waals surface area contributed by atoms with Crippen LogP contribution in [0.3, 0.4) is 0 Å². The van der Waals surface area contributed by atoms with E-state index in [1.54, 1.807) is 6.92 Å². The summed E-state index contributed by atoms with van der Waals surface area (Å²) in [5.74, 6) is 0.939. The molecule has 2 aromatic rings. The minimum Gasteiger partial charge on any atom is -0.470 e. The number of nitrogens with zero attached hydrogens (tertiary/aromatic N) is 1. The first kappa shape index (κ1) is 12.0. The summed E-state index contributed by atoms with van der Waals surface area (Å²) < 4.78 is 5.89. The van der Waals surface area contributed by atoms with Crippen molar-refractivity contribution in [1.29, 1.82) is 0 Å². The van der Waals surface area contributed by atoms with Crippen LogP contribution in [0.25, 0.3) is 0 Å². The average molecular weight is 256 g/mol. The summed E-state index contributed by atoms with van der Waals surface area (Å²) in [6.45, 7) is 5.73. The van der Waals surface area contributed by atoms with Crippen molar-refractivity contribution in [3.8, 4) is 5.88 Å². The van der Waals surface area contributed by atoms with Crippen LogP contribution in [0.1, 0.15) is 36.7 Å². The van der Waals surface area contributed by atoms with E-state index in [0.717, 1.165) is 5.56 Å². The number of nitrogens with one attached hydrogen (secondary N) is 1. The quantitative estimate of drug-likeness (QED) is 0.852. The van der Waals surface area contributed by atoms with Gasteiger partial charge in [-0.15, -0.1) is 0 Å². The monoisotopic (exact) mass is 256 g/mol. The highest BCUT2D eigenvalue weighted by Crippen LogP contribution is 2.45. The summed E-state index contributed by atoms with van der Waals surface area (Å²) in [4.78, 5) is 19.3. The van der Waals surface area contributed by atoms with Crippen molar-refractivity contribution >= 4 is 0 Å². The predicted octanol–water partition coefficient (Wildman–Crippen LogP) is 2.38. The molecule has 98 valence electrons. The first-order valence-electron chi connectivity index (χ1n) is 6.34. The number of aromatic nitrogens is 2. The van der Waals surface area contributed by atoms with Gasteiger partial charge in [0.1, 0.15) is 11.4 Å². The smallest absolute Gasteiger partial charge is 0.258 e. The lowest BCUT2D eigenvalue weighted by Gasteiger charge is -2.25. The Morgan fingerprint density at radius 3 is 2.63 bits per heavy atom. The maximum atomic E-state index is 12.2. The largest absolute Gasteiger partial charge is 0.470 e. The molecular formula is C15H16N2O2. The normalized spacial score (nSPS) is 19.8. The average Bonchev–Trinajstić information content (AvgIpc) is 2.60. The second kappa shape index (κ2) is 3.95. The summed E-state index contributed by atoms with van der Waals surface area (Å²) >= 11 is 0. The molecule has 1 N–H and O–H groups in total. The Bertz CT molecular complexity index is 674. The van der Waals surface area contributed by atoms with Gasteiger partial charge in [-0.05, 0) is 26.3 Å². The number of rotatable bonds is 1. The highest BCUT2D eigenvalue weighted by Gasteiger charge is 2.45. The number of benzene rings is 1. The van der Waals surface area contributed by atoms with Crippen molar-refractivity contribution in [2.45, 2.75) is 32.3 Å². The summed E-state index contributed by atoms with van der Waals surface area (Å²) in [5, 5.41) is 0. The van der Waals surface area contributed by atoms with E-state index in [1.165, 1.54) is 0 Å². The van der Waals surface area contributed by atoms with Crippen molar-refractivity contribution in [2.24, 2.45) is 0 Å². The van der Waals surface area contributed by atoms with Crippen molar-refractivity contribution in [3.05, 3.63) is 57.6 Å². The second-order valence-electron chi connectivity index (χ2n) is 5.42. The number of aryl methyl sites for hydroxylation is 1. The van der Waals surface area contributed by atoms with Crippen LogP contribution in [-0.4, -0.2) is 15.6 Å². The van der Waals surface area contributed by atoms with Crippen LogP contribution >= 0.6 is 0 Å². The molecule has 19 heavy (non-hydrogen) atoms. The van der Waals surface area contributed by atoms with Crippen LogP contribution in [0.4, 0.5) is 0 Å². The van der Waals surface area contributed by atoms with Gasteiger partial charge in [-0.3, -0.25) is 4.79 Å². The number of ether oxygens (including phenoxy) is 1. The third-order valence-corrected chi connectivity index (χ3v) is 3.52. The fourth-order valence-electron chi connectivity index (χ4n) is 2.77. The molecule has 1 atom stereocenters. The van der Waals surface area contributed by atoms with Gasteiger partial charge in [0.15, 0.2) is 0 Å². The molecule has 4 nitrogen and oxygen atoms in total. The van der Waals surface area contributed by atoms with E-state index in [0.29, 0.717) is 17.3 Å². The van der Waals surface area contributed by atoms with Crippen LogP contribution in [0.2, 0.25) is 0 Å². The highest BCUT2D eigenvalue weighted by atomic mass is 16.5. The van der Waals surface area contributed by atoms with Gasteiger partial charge in [-0.1, -0.05) is 30.3 Å². The molecule has 0 saturated carbocycles. The fraction of sp³-hybridized carbons (Fsp3) is 0.333. The molecule has 0 radical (unpaired) electrons. The van der Waals surface area contributed by atoms with Crippen molar-refractivity contribution in [3.63, 3.8) is 0 Å². The minimum absolute atomic E-state index is 0.0967. The Labute approximate surface area is 111 Å². The maximum absolute atomic E-state index is 12.2. The Hall–Kier alpha value is -2.10. The molecule has 0 aliphatic carbocycles. The molecule has 1 aromatic carbocycles. The zero-order valence-corrected chi connectivity index (χ0v) is 11.2. The lowest BCUT2D eigenvalue weighted by atomic mass is 9.82. The molecule has 0 unspecified atom stereocenters. The number of H-pyrrole nitrogens is 1. The van der Waals surface area contributed by atoms with E-state index in [-0.39, 0.29) is 11.5 Å². The van der Waals surface area contributed by atoms with Crippen LogP contribution in [0.15, 0.2) is 35.1 Å². The molecule has 4 heteroatoms. The van der Waals surface area contributed by atoms with E-state index < -0.39 is 5.60 Å². The molecule has 0 amide bonds. The lowest BCUT2D eigenvalue weighted by molar-refractivity contribution is 0.117. The van der Waals surface area contributed by atoms with Gasteiger partial charge in [0.25, 0.3) is 5.56 Å². The number of hydrogen-bond acceptors (Lipinski definition) is 3. The first-order chi connectivity index (χ1) is 8.99. The Morgan fingerprint density at radius 1 is 1.26 bits per heavy atom. The Balaban J connectivity index is 2.24. The van der Waals surface area contributed by atoms with Crippen LogP contribution in [0.5, 0.6) is 5.88 Å². The first-order valence-corrected chi connectivity index (χ1v) is 6.34. The summed E-state index contributed by atoms with van der Waals surface area (Å²) in [6, 6.07) is 9.94. The second-order valence-corrected chi connectivity index (χ2v) is 5.42. The van der Waals surface area contributed by atoms with Crippen LogP contribution in [-0.2, 0) is 0 Å². The number of fused-ring (bicyclic) bond motifs is 1. The van der Waals surface area contributed by atoms with Gasteiger partial charge in [0, 0.05) is 0 Å². The molecule has 2 heterocycles. The van der Waals surface area contributed by atoms with Gasteiger partial charge in [0.05, 0.1) is 11.5 Å². The number of aromatic amines is 1. The molecule has 3 rings (SSSR count). The molecule has 1 aromatic heterocycles. The zero-order chi connectivity index (χ0) is 13.6. The molecule has 0 spiro atoms. The lowest BCUT2D eigenvalue weighted by Crippen LogP contribution is -2.32. The number of hydrogen-bond donors (Lipinski definition) is 1. The van der Waals surface area contributed by atoms with Crippen molar-refractivity contribution < 1.29 is 4.74 Å². The standard InChI is InChI=1S/C15H16N2O2/c1-9-16-13(18)11-12(10-7-5-4-6-8-10)15(2,3)19-14(11)17-9/h4-8,12H,1-3H3,(H,16,17,18)/t12-/m0/s1. The minimum atomic E-state index is -0.475. The van der Waals surface area contributed by atoms with E-state index >= 15 is 0 Å². The van der Waals surface area contributed by atoms with E-state index in [2.05, 4.69) is 9.97 Å². The van der Waals surface area contributed by atoms with Crippen molar-refractivity contribution in [2.75, 3.05) is 0 Å². The molecular weight excluding hydrogens is 240 g/mol. The Morgan fingerprint density at radius 2 is 1.95 bits per heavy atom. The van der Waals surface area contributed by atoms with E-state index in [1.807, 2.05) is 44.2 Å². The van der Waals surface area contributed by atoms with Gasteiger partial charge < -0.3 is 9.72 Å². The molecule has 1 aliphatic heterocycles. The molecule has 0 saturated heterocycles. The molecule has 1 aliphatic rings. The fourth-order valence-corrected chi connectivity index (χ4v) is 2.77. The summed E-state index contributed by atoms with van der Waals surface area (Å²) in [6.07, 6.45) is 0. The van der Waals surface area contributed by atoms with Gasteiger partial charge >= 0.3 is 0 Å². The predicted molar refractivity (Wildman–Crippen MR) is 72.6 cm³/mol. The van der Waals surface area contributed by atoms with Crippen LogP contribution < -0.4 is 10.3 Å². The highest BCUT2D eigenvalue weighted by molar-refractivity contribution is 5.44. The zero-order valence-electron chi connectivity index (χ0n) is 11.2. The maximum Gasteiger partial charge on any atom is 0.258 e. The topological polar surface area (TPSA) is 55.0 Å². The third-order valence-electron chi connectivity index (χ3n) is 3.52. The Kier molecular flexibility index (Phi) is 2.49.